The van der Waals surface area contributed by atoms with E-state index < -0.39 is 10.2 Å². The van der Waals surface area contributed by atoms with Gasteiger partial charge in [-0.25, -0.2) is 0 Å². The number of rotatable bonds is 3. The lowest BCUT2D eigenvalue weighted by Gasteiger charge is -2.35. The number of piperidine rings is 1. The predicted octanol–water partition coefficient (Wildman–Crippen LogP) is 1.48. The van der Waals surface area contributed by atoms with Gasteiger partial charge in [0.2, 0.25) is 5.91 Å². The molecule has 0 saturated carbocycles. The number of fused-ring (bicyclic) bond motifs is 1. The molecular weight excluding hydrogens is 326 g/mol. The largest absolute Gasteiger partial charge is 0.309 e. The Kier molecular flexibility index (Phi) is 4.68. The molecule has 24 heavy (non-hydrogen) atoms. The number of benzene rings is 1. The first-order valence-electron chi connectivity index (χ1n) is 8.41. The summed E-state index contributed by atoms with van der Waals surface area (Å²) in [6.07, 6.45) is 2.31. The third kappa shape index (κ3) is 2.96. The van der Waals surface area contributed by atoms with Crippen LogP contribution in [-0.4, -0.2) is 56.2 Å². The summed E-state index contributed by atoms with van der Waals surface area (Å²) in [5.41, 5.74) is 2.16. The summed E-state index contributed by atoms with van der Waals surface area (Å²) in [4.78, 5) is 15.0. The van der Waals surface area contributed by atoms with Crippen LogP contribution in [0.25, 0.3) is 0 Å². The van der Waals surface area contributed by atoms with Crippen molar-refractivity contribution in [2.24, 2.45) is 5.92 Å². The molecule has 3 rings (SSSR count). The number of hydrogen-bond acceptors (Lipinski definition) is 3. The zero-order valence-corrected chi connectivity index (χ0v) is 15.3. The molecule has 7 heteroatoms. The molecule has 0 spiro atoms. The number of carbonyl (C=O) groups is 1. The van der Waals surface area contributed by atoms with E-state index in [1.54, 1.807) is 0 Å². The van der Waals surface area contributed by atoms with E-state index in [9.17, 15) is 13.2 Å². The lowest BCUT2D eigenvalue weighted by molar-refractivity contribution is -0.123. The predicted molar refractivity (Wildman–Crippen MR) is 94.0 cm³/mol. The van der Waals surface area contributed by atoms with Crippen LogP contribution in [0.4, 0.5) is 5.69 Å². The first kappa shape index (κ1) is 17.4. The molecule has 2 aliphatic rings. The van der Waals surface area contributed by atoms with Gasteiger partial charge in [0.15, 0.2) is 0 Å². The summed E-state index contributed by atoms with van der Waals surface area (Å²) < 4.78 is 27.4. The Bertz CT molecular complexity index is 732. The van der Waals surface area contributed by atoms with Crippen molar-refractivity contribution in [3.8, 4) is 0 Å². The van der Waals surface area contributed by atoms with E-state index in [1.165, 1.54) is 28.3 Å². The topological polar surface area (TPSA) is 60.9 Å². The van der Waals surface area contributed by atoms with Crippen LogP contribution in [0.2, 0.25) is 0 Å². The molecule has 0 radical (unpaired) electrons. The minimum Gasteiger partial charge on any atom is -0.309 e. The summed E-state index contributed by atoms with van der Waals surface area (Å²) >= 11 is 0. The van der Waals surface area contributed by atoms with Crippen LogP contribution >= 0.6 is 0 Å². The monoisotopic (exact) mass is 351 g/mol. The molecule has 132 valence electrons. The Balaban J connectivity index is 1.81. The molecule has 0 aliphatic carbocycles. The molecule has 2 aliphatic heterocycles. The van der Waals surface area contributed by atoms with E-state index >= 15 is 0 Å². The minimum absolute atomic E-state index is 0.0473. The zero-order valence-electron chi connectivity index (χ0n) is 14.5. The highest BCUT2D eigenvalue weighted by Gasteiger charge is 2.39. The van der Waals surface area contributed by atoms with Gasteiger partial charge in [0.05, 0.1) is 5.92 Å². The van der Waals surface area contributed by atoms with E-state index in [-0.39, 0.29) is 24.4 Å². The molecule has 1 amide bonds. The molecule has 6 nitrogen and oxygen atoms in total. The summed E-state index contributed by atoms with van der Waals surface area (Å²) in [5, 5.41) is 0. The maximum Gasteiger partial charge on any atom is 0.281 e. The Morgan fingerprint density at radius 1 is 1.25 bits per heavy atom. The molecule has 0 aromatic heterocycles. The fourth-order valence-corrected chi connectivity index (χ4v) is 4.87. The highest BCUT2D eigenvalue weighted by Crippen LogP contribution is 2.34. The second-order valence-electron chi connectivity index (χ2n) is 6.88. The number of para-hydroxylation sites is 1. The fraction of sp³-hybridized carbons (Fsp3) is 0.588. The average Bonchev–Trinajstić information content (AvgIpc) is 2.90. The quantitative estimate of drug-likeness (QED) is 0.829. The summed E-state index contributed by atoms with van der Waals surface area (Å²) in [6.45, 7) is 2.80. The first-order valence-corrected chi connectivity index (χ1v) is 9.80. The number of amides is 1. The van der Waals surface area contributed by atoms with Gasteiger partial charge in [-0.3, -0.25) is 4.79 Å². The number of anilines is 1. The Labute approximate surface area is 144 Å². The van der Waals surface area contributed by atoms with Gasteiger partial charge in [0.25, 0.3) is 10.2 Å². The van der Waals surface area contributed by atoms with Crippen LogP contribution in [-0.2, 0) is 21.4 Å². The fourth-order valence-electron chi connectivity index (χ4n) is 3.68. The van der Waals surface area contributed by atoms with Crippen molar-refractivity contribution in [3.63, 3.8) is 0 Å². The molecule has 0 unspecified atom stereocenters. The minimum atomic E-state index is -3.47. The average molecular weight is 351 g/mol. The second-order valence-corrected chi connectivity index (χ2v) is 9.02. The third-order valence-corrected chi connectivity index (χ3v) is 6.87. The molecule has 1 saturated heterocycles. The second kappa shape index (κ2) is 6.46. The smallest absolute Gasteiger partial charge is 0.281 e. The number of nitrogens with zero attached hydrogens (tertiary/aromatic N) is 3. The van der Waals surface area contributed by atoms with Crippen LogP contribution in [0.15, 0.2) is 24.3 Å². The van der Waals surface area contributed by atoms with E-state index in [0.29, 0.717) is 13.0 Å². The number of carbonyl (C=O) groups excluding carboxylic acids is 1. The van der Waals surface area contributed by atoms with Crippen molar-refractivity contribution >= 4 is 21.8 Å². The van der Waals surface area contributed by atoms with Gasteiger partial charge < -0.3 is 4.90 Å². The van der Waals surface area contributed by atoms with Gasteiger partial charge in [0, 0.05) is 38.9 Å². The van der Waals surface area contributed by atoms with E-state index in [0.717, 1.165) is 18.5 Å². The van der Waals surface area contributed by atoms with Crippen LogP contribution in [0.5, 0.6) is 0 Å². The Morgan fingerprint density at radius 2 is 1.96 bits per heavy atom. The highest BCUT2D eigenvalue weighted by atomic mass is 32.2. The van der Waals surface area contributed by atoms with Crippen molar-refractivity contribution in [1.82, 2.24) is 8.61 Å². The Morgan fingerprint density at radius 3 is 2.67 bits per heavy atom. The Hall–Kier alpha value is -1.44. The van der Waals surface area contributed by atoms with Crippen molar-refractivity contribution in [1.29, 1.82) is 0 Å². The lowest BCUT2D eigenvalue weighted by atomic mass is 9.97. The highest BCUT2D eigenvalue weighted by molar-refractivity contribution is 7.86. The van der Waals surface area contributed by atoms with Gasteiger partial charge in [0.1, 0.15) is 0 Å². The molecule has 2 atom stereocenters. The standard InChI is InChI=1S/C17H25N3O3S/c1-13-11-14-7-4-5-9-16(14)20(13)17(21)15-8-6-10-19(12-15)24(22,23)18(2)3/h4-5,7,9,13,15H,6,8,10-12H2,1-3H3/t13-,15+/m1/s1. The number of hydrogen-bond donors (Lipinski definition) is 0. The molecule has 1 fully saturated rings. The van der Waals surface area contributed by atoms with Crippen molar-refractivity contribution in [2.45, 2.75) is 32.2 Å². The van der Waals surface area contributed by atoms with E-state index in [1.807, 2.05) is 23.1 Å². The van der Waals surface area contributed by atoms with Gasteiger partial charge in [-0.15, -0.1) is 0 Å². The van der Waals surface area contributed by atoms with E-state index in [4.69, 9.17) is 0 Å². The van der Waals surface area contributed by atoms with Gasteiger partial charge >= 0.3 is 0 Å². The van der Waals surface area contributed by atoms with Crippen molar-refractivity contribution in [3.05, 3.63) is 29.8 Å². The van der Waals surface area contributed by atoms with Crippen molar-refractivity contribution < 1.29 is 13.2 Å². The molecule has 1 aromatic carbocycles. The SMILES string of the molecule is C[C@@H]1Cc2ccccc2N1C(=O)[C@H]1CCCN(S(=O)(=O)N(C)C)C1. The maximum absolute atomic E-state index is 13.1. The normalized spacial score (nSPS) is 25.1. The van der Waals surface area contributed by atoms with Gasteiger partial charge in [-0.2, -0.15) is 17.0 Å². The van der Waals surface area contributed by atoms with Crippen LogP contribution in [0, 0.1) is 5.92 Å². The summed E-state index contributed by atoms with van der Waals surface area (Å²) in [5.74, 6) is -0.229. The van der Waals surface area contributed by atoms with Gasteiger partial charge in [-0.1, -0.05) is 18.2 Å². The van der Waals surface area contributed by atoms with Crippen LogP contribution in [0.1, 0.15) is 25.3 Å². The molecule has 2 heterocycles. The molecular formula is C17H25N3O3S. The van der Waals surface area contributed by atoms with Gasteiger partial charge in [-0.05, 0) is 37.8 Å². The summed E-state index contributed by atoms with van der Waals surface area (Å²) in [7, 11) is -0.413. The van der Waals surface area contributed by atoms with Crippen LogP contribution < -0.4 is 4.90 Å². The summed E-state index contributed by atoms with van der Waals surface area (Å²) in [6, 6.07) is 8.10. The molecule has 0 bridgehead atoms. The lowest BCUT2D eigenvalue weighted by Crippen LogP contribution is -2.50. The maximum atomic E-state index is 13.1. The van der Waals surface area contributed by atoms with E-state index in [2.05, 4.69) is 13.0 Å². The van der Waals surface area contributed by atoms with Crippen molar-refractivity contribution in [2.75, 3.05) is 32.1 Å². The molecule has 1 aromatic rings. The third-order valence-electron chi connectivity index (χ3n) is 4.97. The molecule has 0 N–H and O–H groups in total. The first-order chi connectivity index (χ1) is 11.3. The van der Waals surface area contributed by atoms with Crippen LogP contribution in [0.3, 0.4) is 0 Å². The zero-order chi connectivity index (χ0) is 17.5.